The Morgan fingerprint density at radius 3 is 2.52 bits per heavy atom. The number of hydrogen-bond donors (Lipinski definition) is 2. The van der Waals surface area contributed by atoms with Crippen molar-refractivity contribution in [2.24, 2.45) is 7.05 Å². The number of ether oxygens (including phenoxy) is 1. The topological polar surface area (TPSA) is 98.1 Å². The third-order valence-corrected chi connectivity index (χ3v) is 6.07. The van der Waals surface area contributed by atoms with E-state index in [9.17, 15) is 9.59 Å². The second-order valence-corrected chi connectivity index (χ2v) is 8.21. The summed E-state index contributed by atoms with van der Waals surface area (Å²) in [5, 5.41) is 16.8. The van der Waals surface area contributed by atoms with Gasteiger partial charge in [-0.05, 0) is 47.2 Å². The van der Waals surface area contributed by atoms with Gasteiger partial charge in [-0.2, -0.15) is 0 Å². The maximum Gasteiger partial charge on any atom is 0.251 e. The van der Waals surface area contributed by atoms with E-state index in [4.69, 9.17) is 4.74 Å². The smallest absolute Gasteiger partial charge is 0.251 e. The molecule has 4 rings (SSSR count). The summed E-state index contributed by atoms with van der Waals surface area (Å²) in [5.41, 5.74) is 1.28. The van der Waals surface area contributed by atoms with E-state index in [0.29, 0.717) is 22.3 Å². The molecule has 0 bridgehead atoms. The number of benzene rings is 3. The second-order valence-electron chi connectivity index (χ2n) is 7.27. The van der Waals surface area contributed by atoms with Crippen molar-refractivity contribution in [3.05, 3.63) is 78.1 Å². The van der Waals surface area contributed by atoms with Crippen LogP contribution in [-0.2, 0) is 18.4 Å². The molecule has 0 fully saturated rings. The molecular weight excluding hydrogens is 438 g/mol. The number of hydrogen-bond acceptors (Lipinski definition) is 6. The Hall–Kier alpha value is -3.85. The van der Waals surface area contributed by atoms with Gasteiger partial charge in [0.25, 0.3) is 5.91 Å². The maximum absolute atomic E-state index is 12.4. The van der Waals surface area contributed by atoms with E-state index in [1.54, 1.807) is 43.0 Å². The summed E-state index contributed by atoms with van der Waals surface area (Å²) in [6, 6.07) is 20.7. The molecule has 0 saturated heterocycles. The maximum atomic E-state index is 12.4. The number of carbonyl (C=O) groups excluding carboxylic acids is 2. The Morgan fingerprint density at radius 2 is 1.76 bits per heavy atom. The summed E-state index contributed by atoms with van der Waals surface area (Å²) in [7, 11) is 3.38. The largest absolute Gasteiger partial charge is 0.497 e. The van der Waals surface area contributed by atoms with E-state index >= 15 is 0 Å². The first kappa shape index (κ1) is 22.3. The number of thioether (sulfide) groups is 1. The fourth-order valence-electron chi connectivity index (χ4n) is 3.22. The van der Waals surface area contributed by atoms with Crippen molar-refractivity contribution in [3.63, 3.8) is 0 Å². The van der Waals surface area contributed by atoms with Gasteiger partial charge in [-0.15, -0.1) is 10.2 Å². The number of rotatable bonds is 8. The third-order valence-electron chi connectivity index (χ3n) is 5.05. The summed E-state index contributed by atoms with van der Waals surface area (Å²) >= 11 is 1.28. The molecule has 8 nitrogen and oxygen atoms in total. The van der Waals surface area contributed by atoms with Gasteiger partial charge in [0, 0.05) is 18.3 Å². The van der Waals surface area contributed by atoms with Crippen LogP contribution >= 0.6 is 11.8 Å². The minimum absolute atomic E-state index is 0.132. The first-order valence-electron chi connectivity index (χ1n) is 10.3. The molecule has 3 aromatic carbocycles. The van der Waals surface area contributed by atoms with E-state index in [1.807, 2.05) is 42.5 Å². The molecule has 0 unspecified atom stereocenters. The van der Waals surface area contributed by atoms with Crippen LogP contribution in [0.2, 0.25) is 0 Å². The van der Waals surface area contributed by atoms with Crippen molar-refractivity contribution in [3.8, 4) is 5.75 Å². The molecule has 0 aliphatic rings. The summed E-state index contributed by atoms with van der Waals surface area (Å²) in [5.74, 6) is 1.12. The highest BCUT2D eigenvalue weighted by molar-refractivity contribution is 7.99. The fraction of sp³-hybridized carbons (Fsp3) is 0.167. The number of methoxy groups -OCH3 is 1. The lowest BCUT2D eigenvalue weighted by Gasteiger charge is -2.08. The summed E-state index contributed by atoms with van der Waals surface area (Å²) in [6.07, 6.45) is 0. The number of nitrogens with zero attached hydrogens (tertiary/aromatic N) is 3. The van der Waals surface area contributed by atoms with Gasteiger partial charge < -0.3 is 19.9 Å². The lowest BCUT2D eigenvalue weighted by atomic mass is 10.1. The average molecular weight is 462 g/mol. The van der Waals surface area contributed by atoms with Gasteiger partial charge in [-0.1, -0.05) is 42.1 Å². The minimum Gasteiger partial charge on any atom is -0.497 e. The molecule has 1 aromatic heterocycles. The molecule has 0 aliphatic heterocycles. The van der Waals surface area contributed by atoms with Crippen molar-refractivity contribution in [1.29, 1.82) is 0 Å². The average Bonchev–Trinajstić information content (AvgIpc) is 3.20. The zero-order chi connectivity index (χ0) is 23.2. The van der Waals surface area contributed by atoms with Gasteiger partial charge >= 0.3 is 0 Å². The standard InChI is InChI=1S/C24H23N5O3S/c1-29-21(14-25-23(31)17-8-11-20(32-2)12-9-17)27-28-24(29)33-15-22(30)26-19-10-7-16-5-3-4-6-18(16)13-19/h3-13H,14-15H2,1-2H3,(H,25,31)(H,26,30). The molecule has 0 saturated carbocycles. The molecule has 9 heteroatoms. The number of aromatic nitrogens is 3. The van der Waals surface area contributed by atoms with Crippen LogP contribution in [0, 0.1) is 0 Å². The predicted molar refractivity (Wildman–Crippen MR) is 128 cm³/mol. The molecule has 168 valence electrons. The number of carbonyl (C=O) groups is 2. The summed E-state index contributed by atoms with van der Waals surface area (Å²) < 4.78 is 6.87. The molecule has 0 radical (unpaired) electrons. The van der Waals surface area contributed by atoms with E-state index in [1.165, 1.54) is 11.8 Å². The van der Waals surface area contributed by atoms with Crippen LogP contribution in [0.1, 0.15) is 16.2 Å². The highest BCUT2D eigenvalue weighted by Crippen LogP contribution is 2.20. The van der Waals surface area contributed by atoms with Crippen molar-refractivity contribution in [2.45, 2.75) is 11.7 Å². The van der Waals surface area contributed by atoms with Crippen LogP contribution in [0.15, 0.2) is 71.9 Å². The van der Waals surface area contributed by atoms with Crippen molar-refractivity contribution < 1.29 is 14.3 Å². The number of amides is 2. The molecule has 2 N–H and O–H groups in total. The summed E-state index contributed by atoms with van der Waals surface area (Å²) in [6.45, 7) is 0.220. The van der Waals surface area contributed by atoms with E-state index < -0.39 is 0 Å². The molecule has 0 atom stereocenters. The lowest BCUT2D eigenvalue weighted by molar-refractivity contribution is -0.113. The highest BCUT2D eigenvalue weighted by Gasteiger charge is 2.13. The van der Waals surface area contributed by atoms with Crippen LogP contribution in [-0.4, -0.2) is 39.4 Å². The van der Waals surface area contributed by atoms with Gasteiger partial charge in [-0.3, -0.25) is 9.59 Å². The van der Waals surface area contributed by atoms with Crippen molar-refractivity contribution in [2.75, 3.05) is 18.2 Å². The van der Waals surface area contributed by atoms with Crippen LogP contribution in [0.3, 0.4) is 0 Å². The van der Waals surface area contributed by atoms with Gasteiger partial charge in [0.05, 0.1) is 19.4 Å². The molecule has 2 amide bonds. The quantitative estimate of drug-likeness (QED) is 0.389. The van der Waals surface area contributed by atoms with Crippen LogP contribution < -0.4 is 15.4 Å². The normalized spacial score (nSPS) is 10.7. The zero-order valence-electron chi connectivity index (χ0n) is 18.2. The van der Waals surface area contributed by atoms with Crippen LogP contribution in [0.25, 0.3) is 10.8 Å². The Morgan fingerprint density at radius 1 is 1.00 bits per heavy atom. The molecule has 4 aromatic rings. The zero-order valence-corrected chi connectivity index (χ0v) is 19.1. The first-order chi connectivity index (χ1) is 16.0. The molecule has 33 heavy (non-hydrogen) atoms. The Balaban J connectivity index is 1.29. The van der Waals surface area contributed by atoms with E-state index in [2.05, 4.69) is 20.8 Å². The number of anilines is 1. The molecule has 0 spiro atoms. The van der Waals surface area contributed by atoms with E-state index in [-0.39, 0.29) is 24.1 Å². The highest BCUT2D eigenvalue weighted by atomic mass is 32.2. The SMILES string of the molecule is COc1ccc(C(=O)NCc2nnc(SCC(=O)Nc3ccc4ccccc4c3)n2C)cc1. The monoisotopic (exact) mass is 461 g/mol. The Labute approximate surface area is 195 Å². The minimum atomic E-state index is -0.218. The van der Waals surface area contributed by atoms with Gasteiger partial charge in [0.15, 0.2) is 11.0 Å². The molecule has 1 heterocycles. The second kappa shape index (κ2) is 10.2. The Bertz CT molecular complexity index is 1290. The summed E-state index contributed by atoms with van der Waals surface area (Å²) in [4.78, 5) is 24.7. The van der Waals surface area contributed by atoms with Crippen LogP contribution in [0.5, 0.6) is 5.75 Å². The lowest BCUT2D eigenvalue weighted by Crippen LogP contribution is -2.24. The fourth-order valence-corrected chi connectivity index (χ4v) is 3.95. The Kier molecular flexibility index (Phi) is 6.89. The molecule has 0 aliphatic carbocycles. The van der Waals surface area contributed by atoms with Gasteiger partial charge in [0.1, 0.15) is 5.75 Å². The van der Waals surface area contributed by atoms with Crippen molar-refractivity contribution >= 4 is 40.0 Å². The van der Waals surface area contributed by atoms with E-state index in [0.717, 1.165) is 16.5 Å². The van der Waals surface area contributed by atoms with Crippen LogP contribution in [0.4, 0.5) is 5.69 Å². The number of fused-ring (bicyclic) bond motifs is 1. The van der Waals surface area contributed by atoms with Gasteiger partial charge in [0.2, 0.25) is 5.91 Å². The van der Waals surface area contributed by atoms with Crippen molar-refractivity contribution in [1.82, 2.24) is 20.1 Å². The number of nitrogens with one attached hydrogen (secondary N) is 2. The third kappa shape index (κ3) is 5.50. The predicted octanol–water partition coefficient (Wildman–Crippen LogP) is 3.64. The first-order valence-corrected chi connectivity index (χ1v) is 11.2. The molecular formula is C24H23N5O3S. The van der Waals surface area contributed by atoms with Gasteiger partial charge in [-0.25, -0.2) is 0 Å².